The SMILES string of the molecule is CCCn1cnnc1[C@@H](C)NC(=O)N(C)CCC(=O)NC. The van der Waals surface area contributed by atoms with Gasteiger partial charge in [-0.2, -0.15) is 0 Å². The molecule has 0 bridgehead atoms. The van der Waals surface area contributed by atoms with Crippen LogP contribution in [0.4, 0.5) is 4.79 Å². The van der Waals surface area contributed by atoms with Crippen molar-refractivity contribution in [1.29, 1.82) is 0 Å². The number of nitrogens with zero attached hydrogens (tertiary/aromatic N) is 4. The van der Waals surface area contributed by atoms with Crippen LogP contribution < -0.4 is 10.6 Å². The van der Waals surface area contributed by atoms with Gasteiger partial charge in [0.1, 0.15) is 6.33 Å². The van der Waals surface area contributed by atoms with Crippen molar-refractivity contribution in [2.24, 2.45) is 0 Å². The molecular weight excluding hydrogens is 272 g/mol. The summed E-state index contributed by atoms with van der Waals surface area (Å²) in [6.45, 7) is 5.11. The molecule has 8 heteroatoms. The van der Waals surface area contributed by atoms with Crippen LogP contribution in [0.3, 0.4) is 0 Å². The molecule has 0 spiro atoms. The van der Waals surface area contributed by atoms with Gasteiger partial charge in [-0.1, -0.05) is 6.92 Å². The van der Waals surface area contributed by atoms with Crippen LogP contribution in [0.2, 0.25) is 0 Å². The van der Waals surface area contributed by atoms with Gasteiger partial charge in [-0.15, -0.1) is 10.2 Å². The fourth-order valence-electron chi connectivity index (χ4n) is 1.87. The molecule has 1 rings (SSSR count). The lowest BCUT2D eigenvalue weighted by atomic mass is 10.3. The van der Waals surface area contributed by atoms with Crippen LogP contribution in [-0.4, -0.2) is 52.2 Å². The quantitative estimate of drug-likeness (QED) is 0.767. The number of aromatic nitrogens is 3. The van der Waals surface area contributed by atoms with E-state index in [1.54, 1.807) is 20.4 Å². The zero-order valence-corrected chi connectivity index (χ0v) is 13.1. The number of urea groups is 1. The fourth-order valence-corrected chi connectivity index (χ4v) is 1.87. The summed E-state index contributed by atoms with van der Waals surface area (Å²) in [5.74, 6) is 0.635. The first-order chi connectivity index (χ1) is 9.99. The fraction of sp³-hybridized carbons (Fsp3) is 0.692. The second-order valence-electron chi connectivity index (χ2n) is 4.90. The predicted octanol–water partition coefficient (Wildman–Crippen LogP) is 0.527. The minimum Gasteiger partial charge on any atom is -0.359 e. The van der Waals surface area contributed by atoms with E-state index in [2.05, 4.69) is 27.8 Å². The molecule has 0 aliphatic heterocycles. The van der Waals surface area contributed by atoms with E-state index in [-0.39, 0.29) is 24.4 Å². The second-order valence-corrected chi connectivity index (χ2v) is 4.90. The summed E-state index contributed by atoms with van der Waals surface area (Å²) in [7, 11) is 3.23. The van der Waals surface area contributed by atoms with Gasteiger partial charge in [-0.05, 0) is 13.3 Å². The number of carbonyl (C=O) groups excluding carboxylic acids is 2. The first-order valence-corrected chi connectivity index (χ1v) is 7.09. The smallest absolute Gasteiger partial charge is 0.317 e. The van der Waals surface area contributed by atoms with Crippen LogP contribution in [0, 0.1) is 0 Å². The Morgan fingerprint density at radius 3 is 2.81 bits per heavy atom. The molecule has 0 aromatic carbocycles. The van der Waals surface area contributed by atoms with Gasteiger partial charge in [0, 0.05) is 33.6 Å². The molecule has 0 radical (unpaired) electrons. The topological polar surface area (TPSA) is 92.2 Å². The summed E-state index contributed by atoms with van der Waals surface area (Å²) >= 11 is 0. The summed E-state index contributed by atoms with van der Waals surface area (Å²) in [4.78, 5) is 24.7. The lowest BCUT2D eigenvalue weighted by Gasteiger charge is -2.21. The first kappa shape index (κ1) is 16.9. The second kappa shape index (κ2) is 8.23. The Kier molecular flexibility index (Phi) is 6.64. The van der Waals surface area contributed by atoms with Gasteiger partial charge in [-0.3, -0.25) is 4.79 Å². The van der Waals surface area contributed by atoms with E-state index in [1.807, 2.05) is 11.5 Å². The zero-order chi connectivity index (χ0) is 15.8. The number of hydrogen-bond donors (Lipinski definition) is 2. The lowest BCUT2D eigenvalue weighted by molar-refractivity contribution is -0.120. The third-order valence-electron chi connectivity index (χ3n) is 3.14. The van der Waals surface area contributed by atoms with Crippen LogP contribution in [-0.2, 0) is 11.3 Å². The van der Waals surface area contributed by atoms with Crippen molar-refractivity contribution in [3.8, 4) is 0 Å². The van der Waals surface area contributed by atoms with Crippen LogP contribution >= 0.6 is 0 Å². The molecule has 3 amide bonds. The molecule has 0 saturated carbocycles. The van der Waals surface area contributed by atoms with Crippen LogP contribution in [0.5, 0.6) is 0 Å². The van der Waals surface area contributed by atoms with E-state index in [0.717, 1.165) is 18.8 Å². The largest absolute Gasteiger partial charge is 0.359 e. The third-order valence-corrected chi connectivity index (χ3v) is 3.14. The maximum Gasteiger partial charge on any atom is 0.317 e. The van der Waals surface area contributed by atoms with E-state index < -0.39 is 0 Å². The Morgan fingerprint density at radius 2 is 2.19 bits per heavy atom. The molecule has 21 heavy (non-hydrogen) atoms. The Labute approximate surface area is 124 Å². The standard InChI is InChI=1S/C13H24N6O2/c1-5-7-19-9-15-17-12(19)10(2)16-13(21)18(4)8-6-11(20)14-3/h9-10H,5-8H2,1-4H3,(H,14,20)(H,16,21)/t10-/m1/s1. The molecule has 118 valence electrons. The van der Waals surface area contributed by atoms with Gasteiger partial charge in [0.2, 0.25) is 5.91 Å². The minimum absolute atomic E-state index is 0.0922. The van der Waals surface area contributed by atoms with Crippen molar-refractivity contribution in [2.75, 3.05) is 20.6 Å². The molecule has 2 N–H and O–H groups in total. The van der Waals surface area contributed by atoms with Gasteiger partial charge in [0.25, 0.3) is 0 Å². The van der Waals surface area contributed by atoms with Crippen LogP contribution in [0.15, 0.2) is 6.33 Å². The third kappa shape index (κ3) is 5.05. The molecule has 1 atom stereocenters. The molecule has 0 fully saturated rings. The minimum atomic E-state index is -0.242. The molecule has 0 saturated heterocycles. The van der Waals surface area contributed by atoms with E-state index in [9.17, 15) is 9.59 Å². The molecule has 1 aromatic rings. The Hall–Kier alpha value is -2.12. The van der Waals surface area contributed by atoms with E-state index in [0.29, 0.717) is 6.54 Å². The van der Waals surface area contributed by atoms with Gasteiger partial charge in [0.15, 0.2) is 5.82 Å². The van der Waals surface area contributed by atoms with E-state index >= 15 is 0 Å². The monoisotopic (exact) mass is 296 g/mol. The summed E-state index contributed by atoms with van der Waals surface area (Å²) in [5, 5.41) is 13.3. The molecule has 0 aliphatic rings. The molecule has 1 aromatic heterocycles. The van der Waals surface area contributed by atoms with Gasteiger partial charge >= 0.3 is 6.03 Å². The van der Waals surface area contributed by atoms with Crippen LogP contribution in [0.25, 0.3) is 0 Å². The average Bonchev–Trinajstić information content (AvgIpc) is 2.92. The van der Waals surface area contributed by atoms with Crippen LogP contribution in [0.1, 0.15) is 38.6 Å². The van der Waals surface area contributed by atoms with E-state index in [1.165, 1.54) is 4.90 Å². The number of amides is 3. The number of carbonyl (C=O) groups is 2. The number of aryl methyl sites for hydroxylation is 1. The van der Waals surface area contributed by atoms with E-state index in [4.69, 9.17) is 0 Å². The highest BCUT2D eigenvalue weighted by Gasteiger charge is 2.17. The highest BCUT2D eigenvalue weighted by Crippen LogP contribution is 2.09. The Morgan fingerprint density at radius 1 is 1.48 bits per heavy atom. The molecular formula is C13H24N6O2. The van der Waals surface area contributed by atoms with Gasteiger partial charge in [0.05, 0.1) is 6.04 Å². The Balaban J connectivity index is 2.53. The number of nitrogens with one attached hydrogen (secondary N) is 2. The Bertz CT molecular complexity index is 473. The van der Waals surface area contributed by atoms with Crippen molar-refractivity contribution in [1.82, 2.24) is 30.3 Å². The maximum absolute atomic E-state index is 12.0. The van der Waals surface area contributed by atoms with Gasteiger partial charge < -0.3 is 20.1 Å². The summed E-state index contributed by atoms with van der Waals surface area (Å²) in [5.41, 5.74) is 0. The number of rotatable bonds is 7. The predicted molar refractivity (Wildman–Crippen MR) is 78.6 cm³/mol. The summed E-state index contributed by atoms with van der Waals surface area (Å²) in [6, 6.07) is -0.480. The number of hydrogen-bond acceptors (Lipinski definition) is 4. The van der Waals surface area contributed by atoms with Gasteiger partial charge in [-0.25, -0.2) is 4.79 Å². The average molecular weight is 296 g/mol. The summed E-state index contributed by atoms with van der Waals surface area (Å²) in [6.07, 6.45) is 2.91. The highest BCUT2D eigenvalue weighted by molar-refractivity contribution is 5.78. The molecule has 0 unspecified atom stereocenters. The van der Waals surface area contributed by atoms with Crippen molar-refractivity contribution in [2.45, 2.75) is 39.3 Å². The van der Waals surface area contributed by atoms with Crippen molar-refractivity contribution in [3.05, 3.63) is 12.2 Å². The first-order valence-electron chi connectivity index (χ1n) is 7.09. The highest BCUT2D eigenvalue weighted by atomic mass is 16.2. The zero-order valence-electron chi connectivity index (χ0n) is 13.1. The van der Waals surface area contributed by atoms with Crippen molar-refractivity contribution < 1.29 is 9.59 Å². The molecule has 1 heterocycles. The normalized spacial score (nSPS) is 11.8. The molecule has 8 nitrogen and oxygen atoms in total. The summed E-state index contributed by atoms with van der Waals surface area (Å²) < 4.78 is 1.93. The molecule has 0 aliphatic carbocycles. The lowest BCUT2D eigenvalue weighted by Crippen LogP contribution is -2.40. The van der Waals surface area contributed by atoms with Crippen molar-refractivity contribution in [3.63, 3.8) is 0 Å². The maximum atomic E-state index is 12.0. The van der Waals surface area contributed by atoms with Crippen molar-refractivity contribution >= 4 is 11.9 Å².